The van der Waals surface area contributed by atoms with Gasteiger partial charge in [0.1, 0.15) is 6.23 Å². The summed E-state index contributed by atoms with van der Waals surface area (Å²) in [5.41, 5.74) is 1.16. The second-order valence-electron chi connectivity index (χ2n) is 6.66. The van der Waals surface area contributed by atoms with Gasteiger partial charge in [-0.2, -0.15) is 0 Å². The summed E-state index contributed by atoms with van der Waals surface area (Å²) in [6.45, 7) is 0.939. The zero-order chi connectivity index (χ0) is 17.9. The molecule has 1 fully saturated rings. The molecule has 2 N–H and O–H groups in total. The van der Waals surface area contributed by atoms with Gasteiger partial charge in [0.2, 0.25) is 0 Å². The molecule has 7 heteroatoms. The van der Waals surface area contributed by atoms with Gasteiger partial charge in [-0.1, -0.05) is 24.3 Å². The van der Waals surface area contributed by atoms with E-state index in [9.17, 15) is 8.42 Å². The molecule has 2 aliphatic rings. The minimum absolute atomic E-state index is 0.00222. The molecular weight excluding hydrogens is 356 g/mol. The van der Waals surface area contributed by atoms with Crippen LogP contribution in [0, 0.1) is 0 Å². The van der Waals surface area contributed by atoms with E-state index in [4.69, 9.17) is 4.74 Å². The highest BCUT2D eigenvalue weighted by Crippen LogP contribution is 2.31. The van der Waals surface area contributed by atoms with Crippen LogP contribution < -0.4 is 10.6 Å². The monoisotopic (exact) mass is 382 g/mol. The lowest BCUT2D eigenvalue weighted by Crippen LogP contribution is -2.53. The molecule has 0 saturated carbocycles. The van der Waals surface area contributed by atoms with Crippen molar-refractivity contribution < 1.29 is 13.2 Å². The molecule has 1 aromatic rings. The van der Waals surface area contributed by atoms with E-state index >= 15 is 0 Å². The van der Waals surface area contributed by atoms with Gasteiger partial charge in [-0.15, -0.1) is 11.8 Å². The Morgan fingerprint density at radius 2 is 2.04 bits per heavy atom. The minimum Gasteiger partial charge on any atom is -0.367 e. The molecule has 4 atom stereocenters. The van der Waals surface area contributed by atoms with Crippen LogP contribution in [0.4, 0.5) is 0 Å². The average molecular weight is 383 g/mol. The van der Waals surface area contributed by atoms with Crippen LogP contribution >= 0.6 is 11.8 Å². The van der Waals surface area contributed by atoms with E-state index in [1.54, 1.807) is 19.2 Å². The summed E-state index contributed by atoms with van der Waals surface area (Å²) in [4.78, 5) is 0.369. The Morgan fingerprint density at radius 1 is 1.28 bits per heavy atom. The number of thioether (sulfide) groups is 1. The van der Waals surface area contributed by atoms with Crippen molar-refractivity contribution in [1.29, 1.82) is 0 Å². The number of ether oxygens (including phenoxy) is 1. The number of piperidine rings is 1. The number of hydrogen-bond acceptors (Lipinski definition) is 6. The van der Waals surface area contributed by atoms with Crippen molar-refractivity contribution in [2.75, 3.05) is 25.7 Å². The van der Waals surface area contributed by atoms with Crippen LogP contribution in [0.1, 0.15) is 24.3 Å². The van der Waals surface area contributed by atoms with Crippen LogP contribution in [-0.2, 0) is 14.6 Å². The number of nitrogens with one attached hydrogen (secondary N) is 2. The highest BCUT2D eigenvalue weighted by molar-refractivity contribution is 8.00. The number of sulfone groups is 1. The van der Waals surface area contributed by atoms with Gasteiger partial charge >= 0.3 is 0 Å². The second-order valence-corrected chi connectivity index (χ2v) is 9.95. The lowest BCUT2D eigenvalue weighted by atomic mass is 9.87. The van der Waals surface area contributed by atoms with Crippen LogP contribution in [0.2, 0.25) is 0 Å². The minimum atomic E-state index is -3.15. The molecule has 0 amide bonds. The number of benzene rings is 1. The molecule has 1 aromatic carbocycles. The first-order chi connectivity index (χ1) is 12.0. The Bertz CT molecular complexity index is 704. The number of methoxy groups -OCH3 is 1. The SMILES string of the molecule is COC1CC(c2ccc(S(C)(=O)=O)cc2)CC(NCC2C=CCS2)N1. The van der Waals surface area contributed by atoms with E-state index in [1.165, 1.54) is 6.26 Å². The fourth-order valence-corrected chi connectivity index (χ4v) is 4.93. The Balaban J connectivity index is 1.66. The maximum atomic E-state index is 11.6. The molecule has 4 unspecified atom stereocenters. The Kier molecular flexibility index (Phi) is 6.22. The van der Waals surface area contributed by atoms with E-state index in [1.807, 2.05) is 23.9 Å². The Morgan fingerprint density at radius 3 is 2.64 bits per heavy atom. The summed E-state index contributed by atoms with van der Waals surface area (Å²) in [5.74, 6) is 1.43. The fourth-order valence-electron chi connectivity index (χ4n) is 3.39. The van der Waals surface area contributed by atoms with Crippen molar-refractivity contribution >= 4 is 21.6 Å². The largest absolute Gasteiger partial charge is 0.367 e. The topological polar surface area (TPSA) is 67.4 Å². The lowest BCUT2D eigenvalue weighted by molar-refractivity contribution is 0.0229. The smallest absolute Gasteiger partial charge is 0.175 e. The van der Waals surface area contributed by atoms with E-state index in [0.717, 1.165) is 30.7 Å². The van der Waals surface area contributed by atoms with Crippen LogP contribution in [0.3, 0.4) is 0 Å². The van der Waals surface area contributed by atoms with E-state index < -0.39 is 9.84 Å². The third-order valence-corrected chi connectivity index (χ3v) is 7.06. The molecular formula is C18H26N2O3S2. The summed E-state index contributed by atoms with van der Waals surface area (Å²) in [6, 6.07) is 7.28. The van der Waals surface area contributed by atoms with Crippen molar-refractivity contribution in [1.82, 2.24) is 10.6 Å². The fraction of sp³-hybridized carbons (Fsp3) is 0.556. The summed E-state index contributed by atoms with van der Waals surface area (Å²) >= 11 is 1.95. The summed E-state index contributed by atoms with van der Waals surface area (Å²) in [6.07, 6.45) is 7.74. The normalized spacial score (nSPS) is 29.8. The molecule has 25 heavy (non-hydrogen) atoms. The van der Waals surface area contributed by atoms with Crippen LogP contribution in [0.25, 0.3) is 0 Å². The second kappa shape index (κ2) is 8.22. The van der Waals surface area contributed by atoms with Gasteiger partial charge in [-0.25, -0.2) is 8.42 Å². The number of hydrogen-bond donors (Lipinski definition) is 2. The zero-order valence-electron chi connectivity index (χ0n) is 14.6. The molecule has 3 rings (SSSR count). The Hall–Kier alpha value is -0.860. The number of rotatable bonds is 6. The molecule has 2 heterocycles. The third-order valence-electron chi connectivity index (χ3n) is 4.79. The molecule has 0 aliphatic carbocycles. The molecule has 2 aliphatic heterocycles. The molecule has 5 nitrogen and oxygen atoms in total. The van der Waals surface area contributed by atoms with Crippen LogP contribution in [0.5, 0.6) is 0 Å². The molecule has 0 radical (unpaired) electrons. The van der Waals surface area contributed by atoms with Gasteiger partial charge in [0.25, 0.3) is 0 Å². The lowest BCUT2D eigenvalue weighted by Gasteiger charge is -2.36. The molecule has 138 valence electrons. The first-order valence-corrected chi connectivity index (χ1v) is 11.5. The van der Waals surface area contributed by atoms with Gasteiger partial charge in [0.05, 0.1) is 11.1 Å². The van der Waals surface area contributed by atoms with Gasteiger partial charge in [0, 0.05) is 30.9 Å². The highest BCUT2D eigenvalue weighted by atomic mass is 32.2. The average Bonchev–Trinajstić information content (AvgIpc) is 3.12. The van der Waals surface area contributed by atoms with Gasteiger partial charge in [-0.3, -0.25) is 5.32 Å². The van der Waals surface area contributed by atoms with Gasteiger partial charge in [-0.05, 0) is 36.5 Å². The molecule has 0 spiro atoms. The standard InChI is InChI=1S/C18H26N2O3S2/c1-23-18-11-14(13-5-7-16(8-6-13)25(2,21)22)10-17(20-18)19-12-15-4-3-9-24-15/h3-8,14-15,17-20H,9-12H2,1-2H3. The van der Waals surface area contributed by atoms with Crippen molar-refractivity contribution in [3.05, 3.63) is 42.0 Å². The van der Waals surface area contributed by atoms with E-state index in [-0.39, 0.29) is 12.4 Å². The van der Waals surface area contributed by atoms with E-state index in [2.05, 4.69) is 22.8 Å². The first kappa shape index (κ1) is 18.9. The molecule has 0 aromatic heterocycles. The van der Waals surface area contributed by atoms with Crippen molar-refractivity contribution in [3.63, 3.8) is 0 Å². The quantitative estimate of drug-likeness (QED) is 0.735. The predicted octanol–water partition coefficient (Wildman–Crippen LogP) is 2.12. The Labute approximate surface area is 154 Å². The van der Waals surface area contributed by atoms with Crippen LogP contribution in [0.15, 0.2) is 41.3 Å². The molecule has 0 bridgehead atoms. The zero-order valence-corrected chi connectivity index (χ0v) is 16.3. The first-order valence-electron chi connectivity index (χ1n) is 8.56. The van der Waals surface area contributed by atoms with Gasteiger partial charge < -0.3 is 10.1 Å². The van der Waals surface area contributed by atoms with Gasteiger partial charge in [0.15, 0.2) is 9.84 Å². The third kappa shape index (κ3) is 5.08. The van der Waals surface area contributed by atoms with Crippen molar-refractivity contribution in [3.8, 4) is 0 Å². The maximum Gasteiger partial charge on any atom is 0.175 e. The maximum absolute atomic E-state index is 11.6. The van der Waals surface area contributed by atoms with Crippen molar-refractivity contribution in [2.45, 2.75) is 41.3 Å². The van der Waals surface area contributed by atoms with E-state index in [0.29, 0.717) is 16.1 Å². The summed E-state index contributed by atoms with van der Waals surface area (Å²) in [5, 5.41) is 7.64. The summed E-state index contributed by atoms with van der Waals surface area (Å²) < 4.78 is 28.8. The summed E-state index contributed by atoms with van der Waals surface area (Å²) in [7, 11) is -1.43. The van der Waals surface area contributed by atoms with Crippen molar-refractivity contribution in [2.24, 2.45) is 0 Å². The highest BCUT2D eigenvalue weighted by Gasteiger charge is 2.29. The van der Waals surface area contributed by atoms with Crippen LogP contribution in [-0.4, -0.2) is 51.7 Å². The molecule has 1 saturated heterocycles. The predicted molar refractivity (Wildman–Crippen MR) is 103 cm³/mol.